The molecule has 0 unspecified atom stereocenters. The Hall–Kier alpha value is -0.340. The molecule has 120 valence electrons. The fraction of sp³-hybridized carbons (Fsp3) is 0.889. The largest absolute Gasteiger partial charge is 0.392 e. The van der Waals surface area contributed by atoms with Gasteiger partial charge in [0.15, 0.2) is 0 Å². The maximum absolute atomic E-state index is 9.57. The molecule has 0 aliphatic heterocycles. The molecule has 0 aromatic rings. The van der Waals surface area contributed by atoms with Crippen LogP contribution < -0.4 is 5.73 Å². The Morgan fingerprint density at radius 2 is 1.35 bits per heavy atom. The molecule has 0 saturated carbocycles. The van der Waals surface area contributed by atoms with Crippen molar-refractivity contribution >= 4 is 0 Å². The van der Waals surface area contributed by atoms with Crippen molar-refractivity contribution in [3.8, 4) is 0 Å². The number of hydrogen-bond acceptors (Lipinski definition) is 2. The molecule has 0 bridgehead atoms. The normalized spacial score (nSPS) is 14.8. The van der Waals surface area contributed by atoms with Crippen molar-refractivity contribution in [3.05, 3.63) is 12.2 Å². The number of hydrogen-bond donors (Lipinski definition) is 2. The van der Waals surface area contributed by atoms with Gasteiger partial charge in [-0.15, -0.1) is 0 Å². The van der Waals surface area contributed by atoms with Crippen molar-refractivity contribution in [2.75, 3.05) is 0 Å². The van der Waals surface area contributed by atoms with Gasteiger partial charge in [0.1, 0.15) is 0 Å². The standard InChI is InChI=1S/C18H37NO/c1-3-4-5-6-7-8-9-10-11-12-13-14-15-16-18(20)17(2)19/h5-6,17-18,20H,3-4,7-16,19H2,1-2H3/t17-,18+/m0/s1. The molecule has 3 N–H and O–H groups in total. The smallest absolute Gasteiger partial charge is 0.0688 e. The van der Waals surface area contributed by atoms with Crippen LogP contribution in [-0.4, -0.2) is 17.3 Å². The first-order valence-corrected chi connectivity index (χ1v) is 8.77. The molecule has 0 rings (SSSR count). The first-order chi connectivity index (χ1) is 9.68. The molecule has 0 aromatic carbocycles. The van der Waals surface area contributed by atoms with Gasteiger partial charge >= 0.3 is 0 Å². The van der Waals surface area contributed by atoms with E-state index in [9.17, 15) is 5.11 Å². The molecule has 0 fully saturated rings. The topological polar surface area (TPSA) is 46.2 Å². The number of aliphatic hydroxyl groups excluding tert-OH is 1. The third-order valence-corrected chi connectivity index (χ3v) is 3.85. The highest BCUT2D eigenvalue weighted by Crippen LogP contribution is 2.12. The van der Waals surface area contributed by atoms with Gasteiger partial charge in [-0.2, -0.15) is 0 Å². The Morgan fingerprint density at radius 1 is 0.850 bits per heavy atom. The highest BCUT2D eigenvalue weighted by atomic mass is 16.3. The maximum Gasteiger partial charge on any atom is 0.0688 e. The van der Waals surface area contributed by atoms with Crippen molar-refractivity contribution in [3.63, 3.8) is 0 Å². The van der Waals surface area contributed by atoms with E-state index in [2.05, 4.69) is 19.1 Å². The molecule has 2 nitrogen and oxygen atoms in total. The van der Waals surface area contributed by atoms with Gasteiger partial charge in [-0.3, -0.25) is 0 Å². The third kappa shape index (κ3) is 14.1. The summed E-state index contributed by atoms with van der Waals surface area (Å²) in [7, 11) is 0. The highest BCUT2D eigenvalue weighted by molar-refractivity contribution is 4.80. The van der Waals surface area contributed by atoms with E-state index in [1.54, 1.807) is 0 Å². The van der Waals surface area contributed by atoms with E-state index in [1.165, 1.54) is 64.2 Å². The van der Waals surface area contributed by atoms with E-state index in [4.69, 9.17) is 5.73 Å². The summed E-state index contributed by atoms with van der Waals surface area (Å²) in [6, 6.07) is -0.0821. The molecule has 0 heterocycles. The van der Waals surface area contributed by atoms with Gasteiger partial charge < -0.3 is 10.8 Å². The van der Waals surface area contributed by atoms with E-state index in [-0.39, 0.29) is 12.1 Å². The lowest BCUT2D eigenvalue weighted by Gasteiger charge is -2.13. The second-order valence-corrected chi connectivity index (χ2v) is 6.09. The SMILES string of the molecule is CCCC=CCCCCCCCCCC[C@@H](O)[C@H](C)N. The van der Waals surface area contributed by atoms with Gasteiger partial charge in [0.2, 0.25) is 0 Å². The summed E-state index contributed by atoms with van der Waals surface area (Å²) in [5, 5.41) is 9.57. The van der Waals surface area contributed by atoms with Crippen LogP contribution in [0.5, 0.6) is 0 Å². The van der Waals surface area contributed by atoms with Crippen LogP contribution in [-0.2, 0) is 0 Å². The summed E-state index contributed by atoms with van der Waals surface area (Å²) < 4.78 is 0. The number of nitrogens with two attached hydrogens (primary N) is 1. The van der Waals surface area contributed by atoms with Crippen LogP contribution in [0.15, 0.2) is 12.2 Å². The Morgan fingerprint density at radius 3 is 1.90 bits per heavy atom. The predicted octanol–water partition coefficient (Wildman–Crippen LogP) is 4.95. The number of allylic oxidation sites excluding steroid dienone is 2. The average Bonchev–Trinajstić information content (AvgIpc) is 2.43. The molecule has 2 heteroatoms. The van der Waals surface area contributed by atoms with Gasteiger partial charge in [0.25, 0.3) is 0 Å². The monoisotopic (exact) mass is 283 g/mol. The minimum atomic E-state index is -0.309. The molecular weight excluding hydrogens is 246 g/mol. The summed E-state index contributed by atoms with van der Waals surface area (Å²) in [5.41, 5.74) is 5.63. The Kier molecular flexibility index (Phi) is 14.8. The fourth-order valence-corrected chi connectivity index (χ4v) is 2.34. The van der Waals surface area contributed by atoms with Gasteiger partial charge in [-0.1, -0.05) is 70.4 Å². The van der Waals surface area contributed by atoms with Crippen LogP contribution in [0.2, 0.25) is 0 Å². The van der Waals surface area contributed by atoms with Crippen LogP contribution in [0.4, 0.5) is 0 Å². The summed E-state index contributed by atoms with van der Waals surface area (Å²) >= 11 is 0. The van der Waals surface area contributed by atoms with Gasteiger partial charge in [-0.05, 0) is 32.6 Å². The van der Waals surface area contributed by atoms with E-state index < -0.39 is 0 Å². The fourth-order valence-electron chi connectivity index (χ4n) is 2.34. The van der Waals surface area contributed by atoms with Crippen LogP contribution in [0.1, 0.15) is 90.9 Å². The van der Waals surface area contributed by atoms with Gasteiger partial charge in [0, 0.05) is 6.04 Å². The maximum atomic E-state index is 9.57. The number of unbranched alkanes of at least 4 members (excludes halogenated alkanes) is 9. The molecule has 2 atom stereocenters. The summed E-state index contributed by atoms with van der Waals surface area (Å²) in [5.74, 6) is 0. The van der Waals surface area contributed by atoms with E-state index in [0.29, 0.717) is 0 Å². The zero-order chi connectivity index (χ0) is 15.1. The number of aliphatic hydroxyl groups is 1. The summed E-state index contributed by atoms with van der Waals surface area (Å²) in [4.78, 5) is 0. The van der Waals surface area contributed by atoms with Crippen molar-refractivity contribution in [2.45, 2.75) is 103 Å². The Balaban J connectivity index is 3.10. The molecule has 0 radical (unpaired) electrons. The molecule has 0 aromatic heterocycles. The summed E-state index contributed by atoms with van der Waals surface area (Å²) in [6.07, 6.45) is 19.4. The molecule has 0 aliphatic rings. The average molecular weight is 284 g/mol. The van der Waals surface area contributed by atoms with Gasteiger partial charge in [-0.25, -0.2) is 0 Å². The lowest BCUT2D eigenvalue weighted by atomic mass is 10.0. The Labute approximate surface area is 126 Å². The third-order valence-electron chi connectivity index (χ3n) is 3.85. The molecule has 0 aliphatic carbocycles. The Bertz CT molecular complexity index is 213. The van der Waals surface area contributed by atoms with Crippen molar-refractivity contribution in [1.82, 2.24) is 0 Å². The minimum absolute atomic E-state index is 0.0821. The molecule has 20 heavy (non-hydrogen) atoms. The van der Waals surface area contributed by atoms with Crippen molar-refractivity contribution < 1.29 is 5.11 Å². The quantitative estimate of drug-likeness (QED) is 0.350. The van der Waals surface area contributed by atoms with Crippen LogP contribution >= 0.6 is 0 Å². The van der Waals surface area contributed by atoms with Crippen LogP contribution in [0.3, 0.4) is 0 Å². The van der Waals surface area contributed by atoms with Crippen LogP contribution in [0.25, 0.3) is 0 Å². The molecule has 0 saturated heterocycles. The molecule has 0 spiro atoms. The predicted molar refractivity (Wildman–Crippen MR) is 89.9 cm³/mol. The summed E-state index contributed by atoms with van der Waals surface area (Å²) in [6.45, 7) is 4.10. The van der Waals surface area contributed by atoms with Crippen molar-refractivity contribution in [2.24, 2.45) is 5.73 Å². The first kappa shape index (κ1) is 19.7. The zero-order valence-electron chi connectivity index (χ0n) is 13.8. The molecule has 0 amide bonds. The van der Waals surface area contributed by atoms with Crippen LogP contribution in [0, 0.1) is 0 Å². The van der Waals surface area contributed by atoms with E-state index in [0.717, 1.165) is 12.8 Å². The highest BCUT2D eigenvalue weighted by Gasteiger charge is 2.07. The minimum Gasteiger partial charge on any atom is -0.392 e. The zero-order valence-corrected chi connectivity index (χ0v) is 13.8. The molecular formula is C18H37NO. The first-order valence-electron chi connectivity index (χ1n) is 8.77. The van der Waals surface area contributed by atoms with Gasteiger partial charge in [0.05, 0.1) is 6.10 Å². The second-order valence-electron chi connectivity index (χ2n) is 6.09. The second kappa shape index (κ2) is 15.1. The van der Waals surface area contributed by atoms with E-state index >= 15 is 0 Å². The number of rotatable bonds is 14. The van der Waals surface area contributed by atoms with Crippen molar-refractivity contribution in [1.29, 1.82) is 0 Å². The lowest BCUT2D eigenvalue weighted by Crippen LogP contribution is -2.31. The van der Waals surface area contributed by atoms with E-state index in [1.807, 2.05) is 6.92 Å². The lowest BCUT2D eigenvalue weighted by molar-refractivity contribution is 0.138.